The number of fused-ring (bicyclic) bond motifs is 1. The zero-order valence-electron chi connectivity index (χ0n) is 12.9. The van der Waals surface area contributed by atoms with E-state index in [1.165, 1.54) is 0 Å². The highest BCUT2D eigenvalue weighted by molar-refractivity contribution is 6.31. The maximum atomic E-state index is 12.5. The molecule has 0 aliphatic heterocycles. The summed E-state index contributed by atoms with van der Waals surface area (Å²) in [6.07, 6.45) is 0. The van der Waals surface area contributed by atoms with E-state index in [4.69, 9.17) is 16.3 Å². The quantitative estimate of drug-likeness (QED) is 0.724. The van der Waals surface area contributed by atoms with Gasteiger partial charge in [-0.3, -0.25) is 4.79 Å². The summed E-state index contributed by atoms with van der Waals surface area (Å²) >= 11 is 6.00. The first-order chi connectivity index (χ1) is 11.1. The van der Waals surface area contributed by atoms with Crippen LogP contribution in [-0.4, -0.2) is 17.5 Å². The number of nitrogens with one attached hydrogen (secondary N) is 2. The summed E-state index contributed by atoms with van der Waals surface area (Å²) in [6.45, 7) is 4.46. The SMILES string of the molecule is CCOc1ccc(NC(=O)c2[nH]c3cc(Cl)ccc3c2C)cc1. The van der Waals surface area contributed by atoms with E-state index in [1.54, 1.807) is 0 Å². The maximum Gasteiger partial charge on any atom is 0.272 e. The summed E-state index contributed by atoms with van der Waals surface area (Å²) in [4.78, 5) is 15.6. The lowest BCUT2D eigenvalue weighted by atomic mass is 10.1. The maximum absolute atomic E-state index is 12.5. The third-order valence-electron chi connectivity index (χ3n) is 3.67. The molecule has 5 heteroatoms. The first kappa shape index (κ1) is 15.4. The number of benzene rings is 2. The van der Waals surface area contributed by atoms with Gasteiger partial charge in [-0.1, -0.05) is 17.7 Å². The number of aromatic amines is 1. The number of ether oxygens (including phenoxy) is 1. The molecule has 1 amide bonds. The van der Waals surface area contributed by atoms with Gasteiger partial charge in [0.05, 0.1) is 6.61 Å². The lowest BCUT2D eigenvalue weighted by Gasteiger charge is -2.07. The van der Waals surface area contributed by atoms with E-state index in [-0.39, 0.29) is 5.91 Å². The molecule has 0 atom stereocenters. The standard InChI is InChI=1S/C18H17ClN2O2/c1-3-23-14-7-5-13(6-8-14)20-18(22)17-11(2)15-9-4-12(19)10-16(15)21-17/h4-10,21H,3H2,1-2H3,(H,20,22). The molecule has 0 saturated carbocycles. The monoisotopic (exact) mass is 328 g/mol. The highest BCUT2D eigenvalue weighted by Gasteiger charge is 2.15. The first-order valence-corrected chi connectivity index (χ1v) is 7.78. The molecule has 0 fully saturated rings. The molecule has 0 aliphatic rings. The summed E-state index contributed by atoms with van der Waals surface area (Å²) < 4.78 is 5.39. The van der Waals surface area contributed by atoms with Gasteiger partial charge in [0.1, 0.15) is 11.4 Å². The van der Waals surface area contributed by atoms with E-state index >= 15 is 0 Å². The Morgan fingerprint density at radius 3 is 2.65 bits per heavy atom. The van der Waals surface area contributed by atoms with Gasteiger partial charge in [-0.05, 0) is 55.8 Å². The molecule has 3 rings (SSSR count). The zero-order valence-corrected chi connectivity index (χ0v) is 13.7. The minimum Gasteiger partial charge on any atom is -0.494 e. The number of hydrogen-bond acceptors (Lipinski definition) is 2. The van der Waals surface area contributed by atoms with Crippen LogP contribution in [0.3, 0.4) is 0 Å². The number of aromatic nitrogens is 1. The van der Waals surface area contributed by atoms with Crippen molar-refractivity contribution in [3.05, 3.63) is 58.7 Å². The van der Waals surface area contributed by atoms with Gasteiger partial charge in [0.2, 0.25) is 0 Å². The number of halogens is 1. The largest absolute Gasteiger partial charge is 0.494 e. The summed E-state index contributed by atoms with van der Waals surface area (Å²) in [7, 11) is 0. The molecule has 1 aromatic heterocycles. The molecule has 1 heterocycles. The Kier molecular flexibility index (Phi) is 4.26. The molecular formula is C18H17ClN2O2. The summed E-state index contributed by atoms with van der Waals surface area (Å²) in [6, 6.07) is 12.8. The Labute approximate surface area is 139 Å². The minimum absolute atomic E-state index is 0.181. The van der Waals surface area contributed by atoms with Crippen LogP contribution in [0.2, 0.25) is 5.02 Å². The molecule has 0 bridgehead atoms. The van der Waals surface area contributed by atoms with Crippen LogP contribution in [0.25, 0.3) is 10.9 Å². The van der Waals surface area contributed by atoms with Crippen molar-refractivity contribution in [1.29, 1.82) is 0 Å². The third kappa shape index (κ3) is 3.17. The van der Waals surface area contributed by atoms with E-state index < -0.39 is 0 Å². The minimum atomic E-state index is -0.181. The summed E-state index contributed by atoms with van der Waals surface area (Å²) in [5.74, 6) is 0.598. The Bertz CT molecular complexity index is 853. The van der Waals surface area contributed by atoms with Crippen LogP contribution in [-0.2, 0) is 0 Å². The topological polar surface area (TPSA) is 54.1 Å². The number of rotatable bonds is 4. The van der Waals surface area contributed by atoms with Crippen molar-refractivity contribution in [2.45, 2.75) is 13.8 Å². The van der Waals surface area contributed by atoms with Crippen molar-refractivity contribution in [3.63, 3.8) is 0 Å². The molecular weight excluding hydrogens is 312 g/mol. The molecule has 0 aliphatic carbocycles. The normalized spacial score (nSPS) is 10.7. The predicted octanol–water partition coefficient (Wildman–Crippen LogP) is 4.78. The highest BCUT2D eigenvalue weighted by Crippen LogP contribution is 2.25. The van der Waals surface area contributed by atoms with E-state index in [9.17, 15) is 4.79 Å². The fraction of sp³-hybridized carbons (Fsp3) is 0.167. The van der Waals surface area contributed by atoms with Gasteiger partial charge in [-0.2, -0.15) is 0 Å². The van der Waals surface area contributed by atoms with Crippen molar-refractivity contribution in [1.82, 2.24) is 4.98 Å². The number of carbonyl (C=O) groups is 1. The van der Waals surface area contributed by atoms with Gasteiger partial charge in [-0.15, -0.1) is 0 Å². The second-order valence-electron chi connectivity index (χ2n) is 5.23. The van der Waals surface area contributed by atoms with Crippen LogP contribution in [0.1, 0.15) is 23.0 Å². The van der Waals surface area contributed by atoms with Gasteiger partial charge in [0.15, 0.2) is 0 Å². The Hall–Kier alpha value is -2.46. The third-order valence-corrected chi connectivity index (χ3v) is 3.91. The lowest BCUT2D eigenvalue weighted by Crippen LogP contribution is -2.13. The fourth-order valence-corrected chi connectivity index (χ4v) is 2.70. The van der Waals surface area contributed by atoms with Crippen molar-refractivity contribution in [3.8, 4) is 5.75 Å². The van der Waals surface area contributed by atoms with Crippen molar-refractivity contribution >= 4 is 34.1 Å². The van der Waals surface area contributed by atoms with E-state index in [0.717, 1.165) is 27.9 Å². The molecule has 0 unspecified atom stereocenters. The van der Waals surface area contributed by atoms with E-state index in [1.807, 2.05) is 56.3 Å². The number of H-pyrrole nitrogens is 1. The molecule has 118 valence electrons. The van der Waals surface area contributed by atoms with Crippen molar-refractivity contribution in [2.24, 2.45) is 0 Å². The molecule has 0 radical (unpaired) electrons. The number of hydrogen-bond donors (Lipinski definition) is 2. The number of carbonyl (C=O) groups excluding carboxylic acids is 1. The fourth-order valence-electron chi connectivity index (χ4n) is 2.53. The highest BCUT2D eigenvalue weighted by atomic mass is 35.5. The van der Waals surface area contributed by atoms with Gasteiger partial charge in [0, 0.05) is 21.6 Å². The van der Waals surface area contributed by atoms with E-state index in [2.05, 4.69) is 10.3 Å². The van der Waals surface area contributed by atoms with Gasteiger partial charge in [0.25, 0.3) is 5.91 Å². The number of amides is 1. The molecule has 0 spiro atoms. The molecule has 4 nitrogen and oxygen atoms in total. The number of anilines is 1. The van der Waals surface area contributed by atoms with Crippen LogP contribution >= 0.6 is 11.6 Å². The molecule has 0 saturated heterocycles. The Morgan fingerprint density at radius 1 is 1.22 bits per heavy atom. The smallest absolute Gasteiger partial charge is 0.272 e. The number of aryl methyl sites for hydroxylation is 1. The van der Waals surface area contributed by atoms with Gasteiger partial charge < -0.3 is 15.0 Å². The molecule has 3 aromatic rings. The Morgan fingerprint density at radius 2 is 1.96 bits per heavy atom. The summed E-state index contributed by atoms with van der Waals surface area (Å²) in [5.41, 5.74) is 3.01. The van der Waals surface area contributed by atoms with Crippen LogP contribution in [0.5, 0.6) is 5.75 Å². The van der Waals surface area contributed by atoms with Crippen LogP contribution in [0, 0.1) is 6.92 Å². The predicted molar refractivity (Wildman–Crippen MR) is 93.6 cm³/mol. The van der Waals surface area contributed by atoms with Gasteiger partial charge >= 0.3 is 0 Å². The lowest BCUT2D eigenvalue weighted by molar-refractivity contribution is 0.102. The van der Waals surface area contributed by atoms with Crippen molar-refractivity contribution in [2.75, 3.05) is 11.9 Å². The van der Waals surface area contributed by atoms with Gasteiger partial charge in [-0.25, -0.2) is 0 Å². The second kappa shape index (κ2) is 6.34. The molecule has 2 N–H and O–H groups in total. The summed E-state index contributed by atoms with van der Waals surface area (Å²) in [5, 5.41) is 4.51. The second-order valence-corrected chi connectivity index (χ2v) is 5.66. The van der Waals surface area contributed by atoms with Crippen molar-refractivity contribution < 1.29 is 9.53 Å². The van der Waals surface area contributed by atoms with Crippen LogP contribution in [0.4, 0.5) is 5.69 Å². The van der Waals surface area contributed by atoms with E-state index in [0.29, 0.717) is 17.3 Å². The zero-order chi connectivity index (χ0) is 16.4. The average molecular weight is 329 g/mol. The Balaban J connectivity index is 1.84. The average Bonchev–Trinajstić information content (AvgIpc) is 2.86. The first-order valence-electron chi connectivity index (χ1n) is 7.40. The molecule has 23 heavy (non-hydrogen) atoms. The van der Waals surface area contributed by atoms with Crippen LogP contribution in [0.15, 0.2) is 42.5 Å². The molecule has 2 aromatic carbocycles. The van der Waals surface area contributed by atoms with Crippen LogP contribution < -0.4 is 10.1 Å².